The van der Waals surface area contributed by atoms with Crippen LogP contribution in [0.4, 0.5) is 0 Å². The fraction of sp³-hybridized carbons (Fsp3) is 0.364. The van der Waals surface area contributed by atoms with Crippen LogP contribution in [-0.2, 0) is 20.9 Å². The van der Waals surface area contributed by atoms with Crippen molar-refractivity contribution in [3.63, 3.8) is 0 Å². The Labute approximate surface area is 93.4 Å². The maximum absolute atomic E-state index is 11.1. The van der Waals surface area contributed by atoms with Gasteiger partial charge in [0.1, 0.15) is 6.61 Å². The monoisotopic (exact) mass is 223 g/mol. The van der Waals surface area contributed by atoms with Gasteiger partial charge in [-0.25, -0.2) is 9.78 Å². The molecular formula is C11H13NO4. The van der Waals surface area contributed by atoms with Gasteiger partial charge in [0.15, 0.2) is 0 Å². The Bertz CT molecular complexity index is 389. The standard InChI is InChI=1S/C11H13NO4/c1-3-9(13)11(14)16-7-8-5-4-6-12-10(8)15-2/h4-6H,3,7H2,1-2H3. The van der Waals surface area contributed by atoms with Gasteiger partial charge in [-0.15, -0.1) is 0 Å². The van der Waals surface area contributed by atoms with Crippen molar-refractivity contribution in [3.8, 4) is 5.88 Å². The Morgan fingerprint density at radius 1 is 1.44 bits per heavy atom. The molecule has 0 aliphatic rings. The summed E-state index contributed by atoms with van der Waals surface area (Å²) in [7, 11) is 1.48. The van der Waals surface area contributed by atoms with Gasteiger partial charge in [-0.05, 0) is 12.1 Å². The van der Waals surface area contributed by atoms with Crippen LogP contribution in [0.2, 0.25) is 0 Å². The number of hydrogen-bond donors (Lipinski definition) is 0. The van der Waals surface area contributed by atoms with E-state index in [1.54, 1.807) is 25.3 Å². The van der Waals surface area contributed by atoms with Gasteiger partial charge in [-0.2, -0.15) is 0 Å². The minimum atomic E-state index is -0.826. The molecule has 5 nitrogen and oxygen atoms in total. The number of nitrogens with zero attached hydrogens (tertiary/aromatic N) is 1. The third kappa shape index (κ3) is 3.05. The van der Waals surface area contributed by atoms with E-state index in [4.69, 9.17) is 9.47 Å². The number of rotatable bonds is 5. The predicted molar refractivity (Wildman–Crippen MR) is 55.9 cm³/mol. The van der Waals surface area contributed by atoms with Crippen molar-refractivity contribution in [3.05, 3.63) is 23.9 Å². The van der Waals surface area contributed by atoms with Crippen molar-refractivity contribution < 1.29 is 19.1 Å². The van der Waals surface area contributed by atoms with Crippen LogP contribution >= 0.6 is 0 Å². The smallest absolute Gasteiger partial charge is 0.374 e. The Kier molecular flexibility index (Phi) is 4.44. The summed E-state index contributed by atoms with van der Waals surface area (Å²) in [6.07, 6.45) is 1.71. The number of carbonyl (C=O) groups is 2. The van der Waals surface area contributed by atoms with Gasteiger partial charge in [0.25, 0.3) is 0 Å². The highest BCUT2D eigenvalue weighted by Crippen LogP contribution is 2.14. The van der Waals surface area contributed by atoms with Crippen molar-refractivity contribution >= 4 is 11.8 Å². The summed E-state index contributed by atoms with van der Waals surface area (Å²) in [6, 6.07) is 3.42. The molecule has 0 aliphatic carbocycles. The number of ketones is 1. The summed E-state index contributed by atoms with van der Waals surface area (Å²) in [5.74, 6) is -0.976. The lowest BCUT2D eigenvalue weighted by Crippen LogP contribution is -2.16. The van der Waals surface area contributed by atoms with Crippen LogP contribution in [0, 0.1) is 0 Å². The summed E-state index contributed by atoms with van der Waals surface area (Å²) >= 11 is 0. The van der Waals surface area contributed by atoms with E-state index >= 15 is 0 Å². The number of carbonyl (C=O) groups excluding carboxylic acids is 2. The van der Waals surface area contributed by atoms with Gasteiger partial charge in [0.05, 0.1) is 12.7 Å². The summed E-state index contributed by atoms with van der Waals surface area (Å²) in [6.45, 7) is 1.59. The van der Waals surface area contributed by atoms with Gasteiger partial charge in [-0.3, -0.25) is 4.79 Å². The molecule has 0 saturated carbocycles. The molecule has 0 aliphatic heterocycles. The predicted octanol–water partition coefficient (Wildman–Crippen LogP) is 1.11. The summed E-state index contributed by atoms with van der Waals surface area (Å²) in [4.78, 5) is 26.0. The van der Waals surface area contributed by atoms with Crippen LogP contribution in [-0.4, -0.2) is 23.8 Å². The number of ether oxygens (including phenoxy) is 2. The Morgan fingerprint density at radius 2 is 2.19 bits per heavy atom. The average Bonchev–Trinajstić information content (AvgIpc) is 2.35. The topological polar surface area (TPSA) is 65.5 Å². The van der Waals surface area contributed by atoms with Crippen molar-refractivity contribution in [2.75, 3.05) is 7.11 Å². The quantitative estimate of drug-likeness (QED) is 0.552. The lowest BCUT2D eigenvalue weighted by Gasteiger charge is -2.06. The largest absolute Gasteiger partial charge is 0.481 e. The minimum absolute atomic E-state index is 0.0123. The molecule has 0 atom stereocenters. The van der Waals surface area contributed by atoms with Gasteiger partial charge < -0.3 is 9.47 Å². The van der Waals surface area contributed by atoms with E-state index in [0.717, 1.165) is 0 Å². The molecule has 0 unspecified atom stereocenters. The number of Topliss-reactive ketones (excluding diaryl/α,β-unsaturated/α-hetero) is 1. The third-order valence-electron chi connectivity index (χ3n) is 1.95. The zero-order valence-electron chi connectivity index (χ0n) is 9.23. The highest BCUT2D eigenvalue weighted by atomic mass is 16.5. The van der Waals surface area contributed by atoms with E-state index in [1.165, 1.54) is 7.11 Å². The van der Waals surface area contributed by atoms with Crippen molar-refractivity contribution in [1.29, 1.82) is 0 Å². The molecule has 0 N–H and O–H groups in total. The van der Waals surface area contributed by atoms with Crippen LogP contribution in [0.15, 0.2) is 18.3 Å². The maximum Gasteiger partial charge on any atom is 0.374 e. The van der Waals surface area contributed by atoms with Gasteiger partial charge in [-0.1, -0.05) is 6.92 Å². The number of esters is 1. The molecule has 0 amide bonds. The van der Waals surface area contributed by atoms with E-state index in [-0.39, 0.29) is 13.0 Å². The van der Waals surface area contributed by atoms with Crippen molar-refractivity contribution in [1.82, 2.24) is 4.98 Å². The molecule has 16 heavy (non-hydrogen) atoms. The lowest BCUT2D eigenvalue weighted by atomic mass is 10.3. The molecule has 0 fully saturated rings. The molecule has 1 heterocycles. The summed E-state index contributed by atoms with van der Waals surface area (Å²) in [5.41, 5.74) is 0.627. The zero-order valence-corrected chi connectivity index (χ0v) is 9.23. The van der Waals surface area contributed by atoms with Crippen LogP contribution < -0.4 is 4.74 Å². The SMILES string of the molecule is CCC(=O)C(=O)OCc1cccnc1OC. The van der Waals surface area contributed by atoms with E-state index in [9.17, 15) is 9.59 Å². The molecular weight excluding hydrogens is 210 g/mol. The van der Waals surface area contributed by atoms with E-state index in [2.05, 4.69) is 4.98 Å². The first kappa shape index (κ1) is 12.2. The number of methoxy groups -OCH3 is 1. The van der Waals surface area contributed by atoms with Crippen LogP contribution in [0.3, 0.4) is 0 Å². The third-order valence-corrected chi connectivity index (χ3v) is 1.95. The van der Waals surface area contributed by atoms with Gasteiger partial charge in [0.2, 0.25) is 11.7 Å². The molecule has 1 aromatic heterocycles. The molecule has 1 aromatic rings. The van der Waals surface area contributed by atoms with Crippen molar-refractivity contribution in [2.45, 2.75) is 20.0 Å². The molecule has 0 aromatic carbocycles. The number of aromatic nitrogens is 1. The van der Waals surface area contributed by atoms with E-state index in [0.29, 0.717) is 11.4 Å². The summed E-state index contributed by atoms with van der Waals surface area (Å²) < 4.78 is 9.79. The number of hydrogen-bond acceptors (Lipinski definition) is 5. The summed E-state index contributed by atoms with van der Waals surface area (Å²) in [5, 5.41) is 0. The average molecular weight is 223 g/mol. The first-order valence-corrected chi connectivity index (χ1v) is 4.86. The van der Waals surface area contributed by atoms with Gasteiger partial charge >= 0.3 is 5.97 Å². The Hall–Kier alpha value is -1.91. The highest BCUT2D eigenvalue weighted by molar-refractivity contribution is 6.33. The maximum atomic E-state index is 11.1. The molecule has 1 rings (SSSR count). The van der Waals surface area contributed by atoms with Crippen molar-refractivity contribution in [2.24, 2.45) is 0 Å². The molecule has 0 bridgehead atoms. The second-order valence-electron chi connectivity index (χ2n) is 3.02. The molecule has 0 radical (unpaired) electrons. The lowest BCUT2D eigenvalue weighted by molar-refractivity contribution is -0.154. The Morgan fingerprint density at radius 3 is 2.81 bits per heavy atom. The molecule has 0 spiro atoms. The highest BCUT2D eigenvalue weighted by Gasteiger charge is 2.13. The fourth-order valence-corrected chi connectivity index (χ4v) is 1.09. The van der Waals surface area contributed by atoms with E-state index < -0.39 is 11.8 Å². The number of pyridine rings is 1. The van der Waals surface area contributed by atoms with Gasteiger partial charge in [0, 0.05) is 12.6 Å². The second kappa shape index (κ2) is 5.85. The van der Waals surface area contributed by atoms with E-state index in [1.807, 2.05) is 0 Å². The zero-order chi connectivity index (χ0) is 12.0. The molecule has 0 saturated heterocycles. The molecule has 5 heteroatoms. The first-order chi connectivity index (χ1) is 7.69. The van der Waals surface area contributed by atoms with Crippen LogP contribution in [0.25, 0.3) is 0 Å². The Balaban J connectivity index is 2.61. The van der Waals surface area contributed by atoms with Crippen LogP contribution in [0.5, 0.6) is 5.88 Å². The fourth-order valence-electron chi connectivity index (χ4n) is 1.09. The first-order valence-electron chi connectivity index (χ1n) is 4.86. The second-order valence-corrected chi connectivity index (χ2v) is 3.02. The minimum Gasteiger partial charge on any atom is -0.481 e. The van der Waals surface area contributed by atoms with Crippen LogP contribution in [0.1, 0.15) is 18.9 Å². The molecule has 86 valence electrons. The normalized spacial score (nSPS) is 9.62.